The molecule has 3 heterocycles. The Bertz CT molecular complexity index is 3400. The first-order valence-electron chi connectivity index (χ1n) is 18.3. The van der Waals surface area contributed by atoms with Crippen LogP contribution in [0.15, 0.2) is 176 Å². The summed E-state index contributed by atoms with van der Waals surface area (Å²) in [5.41, 5.74) is 12.7. The molecule has 0 unspecified atom stereocenters. The lowest BCUT2D eigenvalue weighted by molar-refractivity contribution is 1.17. The Morgan fingerprint density at radius 1 is 0.400 bits per heavy atom. The second kappa shape index (κ2) is 11.8. The highest BCUT2D eigenvalue weighted by Crippen LogP contribution is 2.40. The van der Waals surface area contributed by atoms with Crippen LogP contribution in [0.5, 0.6) is 0 Å². The van der Waals surface area contributed by atoms with Gasteiger partial charge in [0.25, 0.3) is 0 Å². The van der Waals surface area contributed by atoms with Crippen molar-refractivity contribution in [3.63, 3.8) is 0 Å². The maximum Gasteiger partial charge on any atom is 0.196 e. The second-order valence-electron chi connectivity index (χ2n) is 14.0. The van der Waals surface area contributed by atoms with E-state index in [0.29, 0.717) is 11.3 Å². The van der Waals surface area contributed by atoms with E-state index in [-0.39, 0.29) is 0 Å². The molecular weight excluding hydrogens is 671 g/mol. The molecule has 11 aromatic rings. The molecule has 0 atom stereocenters. The summed E-state index contributed by atoms with van der Waals surface area (Å²) in [6.45, 7) is 8.28. The van der Waals surface area contributed by atoms with Gasteiger partial charge in [-0.3, -0.25) is 0 Å². The molecule has 0 aliphatic heterocycles. The zero-order chi connectivity index (χ0) is 36.6. The number of nitrogens with zero attached hydrogens (tertiary/aromatic N) is 5. The van der Waals surface area contributed by atoms with Crippen molar-refractivity contribution in [2.45, 2.75) is 0 Å². The van der Waals surface area contributed by atoms with Crippen LogP contribution < -0.4 is 0 Å². The average Bonchev–Trinajstić information content (AvgIpc) is 3.88. The monoisotopic (exact) mass is 699 g/mol. The van der Waals surface area contributed by atoms with Crippen LogP contribution in [-0.4, -0.2) is 13.7 Å². The number of rotatable bonds is 4. The van der Waals surface area contributed by atoms with Crippen LogP contribution in [0.1, 0.15) is 5.56 Å². The first-order valence-corrected chi connectivity index (χ1v) is 18.3. The Morgan fingerprint density at radius 3 is 1.42 bits per heavy atom. The lowest BCUT2D eigenvalue weighted by Crippen LogP contribution is -1.96. The summed E-state index contributed by atoms with van der Waals surface area (Å²) < 4.78 is 6.85. The van der Waals surface area contributed by atoms with E-state index in [1.54, 1.807) is 0 Å². The fourth-order valence-corrected chi connectivity index (χ4v) is 8.68. The van der Waals surface area contributed by atoms with Crippen molar-refractivity contribution in [2.75, 3.05) is 0 Å². The molecule has 0 bridgehead atoms. The van der Waals surface area contributed by atoms with Crippen molar-refractivity contribution in [1.29, 1.82) is 5.26 Å². The summed E-state index contributed by atoms with van der Waals surface area (Å²) in [4.78, 5) is 4.05. The van der Waals surface area contributed by atoms with E-state index < -0.39 is 0 Å². The number of aromatic nitrogens is 3. The van der Waals surface area contributed by atoms with E-state index in [4.69, 9.17) is 6.57 Å². The van der Waals surface area contributed by atoms with Gasteiger partial charge in [-0.25, -0.2) is 4.85 Å². The number of benzene rings is 8. The molecule has 5 heteroatoms. The van der Waals surface area contributed by atoms with Crippen LogP contribution in [0.3, 0.4) is 0 Å². The molecule has 0 N–H and O–H groups in total. The van der Waals surface area contributed by atoms with Crippen LogP contribution >= 0.6 is 0 Å². The average molecular weight is 700 g/mol. The van der Waals surface area contributed by atoms with Crippen LogP contribution in [0.25, 0.3) is 98.5 Å². The first-order chi connectivity index (χ1) is 27.2. The number of para-hydroxylation sites is 4. The normalized spacial score (nSPS) is 11.6. The Hall–Kier alpha value is -7.86. The van der Waals surface area contributed by atoms with E-state index in [2.05, 4.69) is 164 Å². The maximum atomic E-state index is 9.65. The molecule has 8 aromatic carbocycles. The van der Waals surface area contributed by atoms with Gasteiger partial charge in [-0.2, -0.15) is 5.26 Å². The minimum absolute atomic E-state index is 0.591. The predicted octanol–water partition coefficient (Wildman–Crippen LogP) is 13.1. The van der Waals surface area contributed by atoms with E-state index in [0.717, 1.165) is 71.8 Å². The van der Waals surface area contributed by atoms with Crippen LogP contribution in [-0.2, 0) is 0 Å². The molecule has 0 radical (unpaired) electrons. The van der Waals surface area contributed by atoms with Crippen molar-refractivity contribution in [1.82, 2.24) is 13.7 Å². The van der Waals surface area contributed by atoms with Gasteiger partial charge in [-0.15, -0.1) is 0 Å². The lowest BCUT2D eigenvalue weighted by atomic mass is 10.0. The Kier molecular flexibility index (Phi) is 6.61. The number of hydrogen-bond acceptors (Lipinski definition) is 1. The van der Waals surface area contributed by atoms with Gasteiger partial charge >= 0.3 is 0 Å². The fraction of sp³-hybridized carbons (Fsp3) is 0. The Balaban J connectivity index is 1.02. The molecule has 0 amide bonds. The van der Waals surface area contributed by atoms with Gasteiger partial charge in [0.2, 0.25) is 0 Å². The fourth-order valence-electron chi connectivity index (χ4n) is 8.68. The summed E-state index contributed by atoms with van der Waals surface area (Å²) in [7, 11) is 0. The van der Waals surface area contributed by atoms with E-state index >= 15 is 0 Å². The third-order valence-electron chi connectivity index (χ3n) is 11.1. The van der Waals surface area contributed by atoms with E-state index in [1.165, 1.54) is 21.8 Å². The topological polar surface area (TPSA) is 42.9 Å². The largest absolute Gasteiger partial charge is 0.311 e. The van der Waals surface area contributed by atoms with Gasteiger partial charge in [0.15, 0.2) is 5.69 Å². The summed E-state index contributed by atoms with van der Waals surface area (Å²) in [6, 6.07) is 63.5. The van der Waals surface area contributed by atoms with Gasteiger partial charge in [0.05, 0.1) is 51.3 Å². The summed E-state index contributed by atoms with van der Waals surface area (Å²) >= 11 is 0. The molecule has 55 heavy (non-hydrogen) atoms. The molecule has 0 aliphatic rings. The highest BCUT2D eigenvalue weighted by molar-refractivity contribution is 6.13. The van der Waals surface area contributed by atoms with Crippen molar-refractivity contribution in [3.05, 3.63) is 193 Å². The van der Waals surface area contributed by atoms with Gasteiger partial charge in [-0.05, 0) is 90.0 Å². The number of nitriles is 1. The zero-order valence-corrected chi connectivity index (χ0v) is 29.5. The van der Waals surface area contributed by atoms with Crippen molar-refractivity contribution in [3.8, 4) is 34.3 Å². The smallest absolute Gasteiger partial charge is 0.196 e. The van der Waals surface area contributed by atoms with Crippen LogP contribution in [0, 0.1) is 17.9 Å². The number of fused-ring (bicyclic) bond motifs is 9. The lowest BCUT2D eigenvalue weighted by Gasteiger charge is -2.13. The first kappa shape index (κ1) is 30.7. The maximum absolute atomic E-state index is 9.65. The molecule has 254 valence electrons. The quantitative estimate of drug-likeness (QED) is 0.169. The molecule has 3 aromatic heterocycles. The third-order valence-corrected chi connectivity index (χ3v) is 11.1. The predicted molar refractivity (Wildman–Crippen MR) is 226 cm³/mol. The van der Waals surface area contributed by atoms with Gasteiger partial charge in [0, 0.05) is 49.4 Å². The SMILES string of the molecule is [C-]#[N+]c1cc(-n2c3ccccc3c3cc(-n4c5ccccc5c5ccccc54)ccc32)ccc1-c1ccc(-n2c3ccccc3c3ccc(C#N)cc32)cc1. The zero-order valence-electron chi connectivity index (χ0n) is 29.5. The highest BCUT2D eigenvalue weighted by atomic mass is 15.0. The Morgan fingerprint density at radius 2 is 0.855 bits per heavy atom. The van der Waals surface area contributed by atoms with E-state index in [1.807, 2.05) is 36.4 Å². The standard InChI is InChI=1S/C50H29N5/c1-52-44-30-36(23-26-37(44)33-19-21-34(22-20-33)53-45-14-6-4-12-40(45)42-25-18-32(31-51)28-50(42)53)55-48-17-9-5-13-41(48)43-29-35(24-27-49(43)55)54-46-15-7-2-10-38(46)39-11-3-8-16-47(39)54/h2-30H. The van der Waals surface area contributed by atoms with Crippen molar-refractivity contribution >= 4 is 71.1 Å². The van der Waals surface area contributed by atoms with Gasteiger partial charge < -0.3 is 13.7 Å². The summed E-state index contributed by atoms with van der Waals surface area (Å²) in [6.07, 6.45) is 0. The minimum Gasteiger partial charge on any atom is -0.311 e. The van der Waals surface area contributed by atoms with Crippen LogP contribution in [0.4, 0.5) is 5.69 Å². The van der Waals surface area contributed by atoms with Gasteiger partial charge in [0.1, 0.15) is 0 Å². The van der Waals surface area contributed by atoms with Crippen molar-refractivity contribution in [2.24, 2.45) is 0 Å². The number of hydrogen-bond donors (Lipinski definition) is 0. The molecule has 0 spiro atoms. The molecule has 0 saturated carbocycles. The molecular formula is C50H29N5. The second-order valence-corrected chi connectivity index (χ2v) is 14.0. The van der Waals surface area contributed by atoms with E-state index in [9.17, 15) is 5.26 Å². The Labute approximate surface area is 316 Å². The summed E-state index contributed by atoms with van der Waals surface area (Å²) in [5, 5.41) is 16.7. The molecule has 0 fully saturated rings. The molecule has 0 aliphatic carbocycles. The molecule has 11 rings (SSSR count). The van der Waals surface area contributed by atoms with Gasteiger partial charge in [-0.1, -0.05) is 97.1 Å². The third kappa shape index (κ3) is 4.51. The molecule has 5 nitrogen and oxygen atoms in total. The van der Waals surface area contributed by atoms with Crippen LogP contribution in [0.2, 0.25) is 0 Å². The van der Waals surface area contributed by atoms with Crippen molar-refractivity contribution < 1.29 is 0 Å². The minimum atomic E-state index is 0.591. The summed E-state index contributed by atoms with van der Waals surface area (Å²) in [5.74, 6) is 0. The molecule has 0 saturated heterocycles. The highest BCUT2D eigenvalue weighted by Gasteiger charge is 2.18.